The number of nitrogens with zero attached hydrogens (tertiary/aromatic N) is 1. The molecule has 4 nitrogen and oxygen atoms in total. The Bertz CT molecular complexity index is 922. The van der Waals surface area contributed by atoms with Crippen LogP contribution in [-0.4, -0.2) is 17.4 Å². The highest BCUT2D eigenvalue weighted by molar-refractivity contribution is 7.09. The van der Waals surface area contributed by atoms with Crippen LogP contribution in [0.25, 0.3) is 0 Å². The highest BCUT2D eigenvalue weighted by atomic mass is 32.1. The molecule has 26 heavy (non-hydrogen) atoms. The van der Waals surface area contributed by atoms with Crippen molar-refractivity contribution in [1.82, 2.24) is 10.3 Å². The number of carbonyl (C=O) groups is 1. The lowest BCUT2D eigenvalue weighted by Gasteiger charge is -2.06. The minimum Gasteiger partial charge on any atom is -0.487 e. The third-order valence-electron chi connectivity index (χ3n) is 3.51. The summed E-state index contributed by atoms with van der Waals surface area (Å²) < 4.78 is 5.68. The van der Waals surface area contributed by atoms with Crippen LogP contribution in [0.4, 0.5) is 0 Å². The van der Waals surface area contributed by atoms with Gasteiger partial charge in [0, 0.05) is 16.5 Å². The first-order valence-electron chi connectivity index (χ1n) is 8.17. The Balaban J connectivity index is 1.48. The van der Waals surface area contributed by atoms with Crippen molar-refractivity contribution in [3.8, 4) is 17.6 Å². The largest absolute Gasteiger partial charge is 0.487 e. The van der Waals surface area contributed by atoms with Crippen molar-refractivity contribution in [2.45, 2.75) is 13.5 Å². The zero-order chi connectivity index (χ0) is 18.2. The molecule has 0 spiro atoms. The summed E-state index contributed by atoms with van der Waals surface area (Å²) in [7, 11) is 0. The highest BCUT2D eigenvalue weighted by Gasteiger charge is 2.05. The Kier molecular flexibility index (Phi) is 6.02. The second-order valence-corrected chi connectivity index (χ2v) is 6.58. The number of rotatable bonds is 5. The lowest BCUT2D eigenvalue weighted by atomic mass is 10.2. The van der Waals surface area contributed by atoms with Crippen molar-refractivity contribution in [3.05, 3.63) is 81.8 Å². The molecule has 2 aromatic carbocycles. The number of amides is 1. The first-order valence-corrected chi connectivity index (χ1v) is 9.05. The van der Waals surface area contributed by atoms with Crippen molar-refractivity contribution in [3.63, 3.8) is 0 Å². The van der Waals surface area contributed by atoms with Gasteiger partial charge in [0.25, 0.3) is 5.91 Å². The number of hydrogen-bond acceptors (Lipinski definition) is 4. The summed E-state index contributed by atoms with van der Waals surface area (Å²) in [6.07, 6.45) is 0. The maximum Gasteiger partial charge on any atom is 0.252 e. The standard InChI is InChI=1S/C21H18N2O2S/c1-16-23-19(15-26-16)14-25-20-11-9-18(10-12-20)21(24)22-13-5-8-17-6-3-2-4-7-17/h2-4,6-7,9-12,15H,13-14H2,1H3,(H,22,24). The lowest BCUT2D eigenvalue weighted by molar-refractivity contribution is 0.0958. The molecule has 0 fully saturated rings. The first kappa shape index (κ1) is 17.7. The maximum absolute atomic E-state index is 12.1. The number of thiazole rings is 1. The number of hydrogen-bond donors (Lipinski definition) is 1. The quantitative estimate of drug-likeness (QED) is 0.702. The molecular formula is C21H18N2O2S. The van der Waals surface area contributed by atoms with E-state index in [9.17, 15) is 4.79 Å². The molecule has 0 saturated carbocycles. The molecular weight excluding hydrogens is 344 g/mol. The molecule has 1 N–H and O–H groups in total. The number of ether oxygens (including phenoxy) is 1. The van der Waals surface area contributed by atoms with E-state index in [4.69, 9.17) is 4.74 Å². The summed E-state index contributed by atoms with van der Waals surface area (Å²) in [5, 5.41) is 5.79. The zero-order valence-corrected chi connectivity index (χ0v) is 15.2. The molecule has 0 atom stereocenters. The summed E-state index contributed by atoms with van der Waals surface area (Å²) >= 11 is 1.60. The molecule has 5 heteroatoms. The van der Waals surface area contributed by atoms with Gasteiger partial charge in [-0.25, -0.2) is 4.98 Å². The van der Waals surface area contributed by atoms with E-state index in [-0.39, 0.29) is 5.91 Å². The van der Waals surface area contributed by atoms with Gasteiger partial charge < -0.3 is 10.1 Å². The Morgan fingerprint density at radius 3 is 2.62 bits per heavy atom. The number of aryl methyl sites for hydroxylation is 1. The molecule has 0 bridgehead atoms. The Labute approximate surface area is 156 Å². The van der Waals surface area contributed by atoms with Crippen molar-refractivity contribution >= 4 is 17.2 Å². The fraction of sp³-hybridized carbons (Fsp3) is 0.143. The second kappa shape index (κ2) is 8.84. The van der Waals surface area contributed by atoms with E-state index in [1.807, 2.05) is 42.6 Å². The van der Waals surface area contributed by atoms with E-state index >= 15 is 0 Å². The van der Waals surface area contributed by atoms with Gasteiger partial charge in [-0.2, -0.15) is 0 Å². The van der Waals surface area contributed by atoms with Crippen LogP contribution in [0.5, 0.6) is 5.75 Å². The topological polar surface area (TPSA) is 51.2 Å². The van der Waals surface area contributed by atoms with Crippen LogP contribution in [0.2, 0.25) is 0 Å². The predicted octanol–water partition coefficient (Wildman–Crippen LogP) is 3.81. The Morgan fingerprint density at radius 2 is 1.92 bits per heavy atom. The van der Waals surface area contributed by atoms with Gasteiger partial charge in [0.1, 0.15) is 12.4 Å². The van der Waals surface area contributed by atoms with Crippen LogP contribution in [-0.2, 0) is 6.61 Å². The van der Waals surface area contributed by atoms with E-state index in [1.54, 1.807) is 35.6 Å². The molecule has 130 valence electrons. The molecule has 0 aliphatic rings. The highest BCUT2D eigenvalue weighted by Crippen LogP contribution is 2.15. The fourth-order valence-corrected chi connectivity index (χ4v) is 2.83. The zero-order valence-electron chi connectivity index (χ0n) is 14.4. The van der Waals surface area contributed by atoms with Gasteiger partial charge in [-0.15, -0.1) is 11.3 Å². The minimum absolute atomic E-state index is 0.158. The van der Waals surface area contributed by atoms with Crippen LogP contribution in [0.3, 0.4) is 0 Å². The lowest BCUT2D eigenvalue weighted by Crippen LogP contribution is -2.23. The average Bonchev–Trinajstić information content (AvgIpc) is 3.10. The van der Waals surface area contributed by atoms with E-state index in [2.05, 4.69) is 22.1 Å². The number of carbonyl (C=O) groups excluding carboxylic acids is 1. The van der Waals surface area contributed by atoms with Crippen LogP contribution >= 0.6 is 11.3 Å². The first-order chi connectivity index (χ1) is 12.7. The van der Waals surface area contributed by atoms with Gasteiger partial charge in [-0.1, -0.05) is 30.0 Å². The normalized spacial score (nSPS) is 9.88. The van der Waals surface area contributed by atoms with Crippen molar-refractivity contribution in [2.24, 2.45) is 0 Å². The predicted molar refractivity (Wildman–Crippen MR) is 103 cm³/mol. The van der Waals surface area contributed by atoms with E-state index in [1.165, 1.54) is 0 Å². The molecule has 0 unspecified atom stereocenters. The molecule has 3 rings (SSSR count). The van der Waals surface area contributed by atoms with Crippen molar-refractivity contribution in [1.29, 1.82) is 0 Å². The Hall–Kier alpha value is -3.10. The van der Waals surface area contributed by atoms with E-state index in [0.29, 0.717) is 24.5 Å². The third kappa shape index (κ3) is 5.20. The molecule has 1 heterocycles. The molecule has 1 aromatic heterocycles. The van der Waals surface area contributed by atoms with Gasteiger partial charge >= 0.3 is 0 Å². The molecule has 1 amide bonds. The van der Waals surface area contributed by atoms with Gasteiger partial charge in [0.15, 0.2) is 0 Å². The maximum atomic E-state index is 12.1. The van der Waals surface area contributed by atoms with Crippen molar-refractivity contribution < 1.29 is 9.53 Å². The summed E-state index contributed by atoms with van der Waals surface area (Å²) in [4.78, 5) is 16.5. The summed E-state index contributed by atoms with van der Waals surface area (Å²) in [5.41, 5.74) is 2.41. The Morgan fingerprint density at radius 1 is 1.15 bits per heavy atom. The fourth-order valence-electron chi connectivity index (χ4n) is 2.23. The molecule has 0 aliphatic heterocycles. The number of aromatic nitrogens is 1. The second-order valence-electron chi connectivity index (χ2n) is 5.52. The van der Waals surface area contributed by atoms with E-state index in [0.717, 1.165) is 16.3 Å². The summed E-state index contributed by atoms with van der Waals surface area (Å²) in [6, 6.07) is 16.7. The third-order valence-corrected chi connectivity index (χ3v) is 4.34. The monoisotopic (exact) mass is 362 g/mol. The van der Waals surface area contributed by atoms with Crippen LogP contribution in [0.1, 0.15) is 26.6 Å². The molecule has 0 saturated heterocycles. The van der Waals surface area contributed by atoms with Gasteiger partial charge in [0.2, 0.25) is 0 Å². The minimum atomic E-state index is -0.158. The SMILES string of the molecule is Cc1nc(COc2ccc(C(=O)NCC#Cc3ccccc3)cc2)cs1. The van der Waals surface area contributed by atoms with Gasteiger partial charge in [-0.3, -0.25) is 4.79 Å². The summed E-state index contributed by atoms with van der Waals surface area (Å²) in [6.45, 7) is 2.69. The molecule has 3 aromatic rings. The van der Waals surface area contributed by atoms with Crippen molar-refractivity contribution in [2.75, 3.05) is 6.54 Å². The van der Waals surface area contributed by atoms with Crippen LogP contribution in [0, 0.1) is 18.8 Å². The van der Waals surface area contributed by atoms with E-state index < -0.39 is 0 Å². The number of nitrogens with one attached hydrogen (secondary N) is 1. The molecule has 0 aliphatic carbocycles. The summed E-state index contributed by atoms with van der Waals surface area (Å²) in [5.74, 6) is 6.49. The smallest absolute Gasteiger partial charge is 0.252 e. The number of benzene rings is 2. The average molecular weight is 362 g/mol. The van der Waals surface area contributed by atoms with Gasteiger partial charge in [-0.05, 0) is 43.3 Å². The van der Waals surface area contributed by atoms with Gasteiger partial charge in [0.05, 0.1) is 17.2 Å². The van der Waals surface area contributed by atoms with Crippen LogP contribution in [0.15, 0.2) is 60.0 Å². The molecule has 0 radical (unpaired) electrons. The van der Waals surface area contributed by atoms with Crippen LogP contribution < -0.4 is 10.1 Å².